The second kappa shape index (κ2) is 6.96. The molecule has 1 saturated heterocycles. The Bertz CT molecular complexity index is 747. The van der Waals surface area contributed by atoms with Crippen LogP contribution in [0.4, 0.5) is 0 Å². The molecule has 0 spiro atoms. The van der Waals surface area contributed by atoms with Crippen LogP contribution in [0.15, 0.2) is 39.9 Å². The van der Waals surface area contributed by atoms with Crippen molar-refractivity contribution >= 4 is 21.4 Å². The third-order valence-electron chi connectivity index (χ3n) is 3.75. The number of nitrogens with zero attached hydrogens (tertiary/aromatic N) is 2. The Labute approximate surface area is 140 Å². The Balaban J connectivity index is 1.71. The van der Waals surface area contributed by atoms with Gasteiger partial charge in [0, 0.05) is 43.9 Å². The molecule has 1 unspecified atom stereocenters. The zero-order chi connectivity index (χ0) is 16.3. The van der Waals surface area contributed by atoms with Crippen molar-refractivity contribution in [2.75, 3.05) is 26.7 Å². The third-order valence-corrected chi connectivity index (χ3v) is 6.99. The van der Waals surface area contributed by atoms with Crippen LogP contribution >= 0.6 is 11.3 Å². The van der Waals surface area contributed by atoms with Crippen molar-refractivity contribution in [3.8, 4) is 5.88 Å². The van der Waals surface area contributed by atoms with Crippen LogP contribution in [0.5, 0.6) is 5.88 Å². The second-order valence-electron chi connectivity index (χ2n) is 5.32. The van der Waals surface area contributed by atoms with E-state index in [1.54, 1.807) is 35.0 Å². The van der Waals surface area contributed by atoms with Crippen molar-refractivity contribution < 1.29 is 13.2 Å². The molecule has 1 N–H and O–H groups in total. The van der Waals surface area contributed by atoms with Crippen LogP contribution in [0.2, 0.25) is 0 Å². The lowest BCUT2D eigenvalue weighted by molar-refractivity contribution is 0.295. The van der Waals surface area contributed by atoms with Gasteiger partial charge in [0.2, 0.25) is 5.88 Å². The van der Waals surface area contributed by atoms with Gasteiger partial charge in [-0.1, -0.05) is 12.1 Å². The lowest BCUT2D eigenvalue weighted by Gasteiger charge is -2.32. The van der Waals surface area contributed by atoms with E-state index in [0.29, 0.717) is 36.1 Å². The van der Waals surface area contributed by atoms with Crippen LogP contribution in [0.1, 0.15) is 5.69 Å². The minimum atomic E-state index is -3.39. The first kappa shape index (κ1) is 16.4. The van der Waals surface area contributed by atoms with Crippen LogP contribution in [0, 0.1) is 0 Å². The van der Waals surface area contributed by atoms with E-state index in [4.69, 9.17) is 4.74 Å². The zero-order valence-corrected chi connectivity index (χ0v) is 14.4. The number of hydrogen-bond acceptors (Lipinski definition) is 6. The van der Waals surface area contributed by atoms with E-state index in [-0.39, 0.29) is 6.04 Å². The van der Waals surface area contributed by atoms with Gasteiger partial charge in [0.05, 0.1) is 7.11 Å². The van der Waals surface area contributed by atoms with Crippen LogP contribution in [-0.4, -0.2) is 50.5 Å². The molecule has 0 aromatic carbocycles. The van der Waals surface area contributed by atoms with Gasteiger partial charge in [-0.25, -0.2) is 13.4 Å². The molecule has 0 radical (unpaired) electrons. The average Bonchev–Trinajstić information content (AvgIpc) is 3.10. The predicted molar refractivity (Wildman–Crippen MR) is 89.4 cm³/mol. The summed E-state index contributed by atoms with van der Waals surface area (Å²) < 4.78 is 32.3. The SMILES string of the molecule is COc1cccc(CC2CN(S(=O)(=O)c3cccs3)CCN2)n1. The zero-order valence-electron chi connectivity index (χ0n) is 12.8. The summed E-state index contributed by atoms with van der Waals surface area (Å²) in [6.07, 6.45) is 0.660. The maximum absolute atomic E-state index is 12.6. The monoisotopic (exact) mass is 353 g/mol. The average molecular weight is 353 g/mol. The number of methoxy groups -OCH3 is 1. The summed E-state index contributed by atoms with van der Waals surface area (Å²) in [4.78, 5) is 4.39. The largest absolute Gasteiger partial charge is 0.481 e. The molecule has 8 heteroatoms. The molecule has 3 rings (SSSR count). The lowest BCUT2D eigenvalue weighted by Crippen LogP contribution is -2.53. The van der Waals surface area contributed by atoms with E-state index in [0.717, 1.165) is 5.69 Å². The van der Waals surface area contributed by atoms with Crippen molar-refractivity contribution in [3.05, 3.63) is 41.4 Å². The number of piperazine rings is 1. The van der Waals surface area contributed by atoms with Gasteiger partial charge in [0.25, 0.3) is 10.0 Å². The molecular weight excluding hydrogens is 334 g/mol. The summed E-state index contributed by atoms with van der Waals surface area (Å²) in [6, 6.07) is 9.07. The summed E-state index contributed by atoms with van der Waals surface area (Å²) >= 11 is 1.25. The number of hydrogen-bond donors (Lipinski definition) is 1. The molecular formula is C15H19N3O3S2. The van der Waals surface area contributed by atoms with Gasteiger partial charge in [-0.15, -0.1) is 11.3 Å². The van der Waals surface area contributed by atoms with Gasteiger partial charge in [-0.2, -0.15) is 4.31 Å². The van der Waals surface area contributed by atoms with Gasteiger partial charge in [0.15, 0.2) is 0 Å². The van der Waals surface area contributed by atoms with Gasteiger partial charge in [-0.05, 0) is 17.5 Å². The number of thiophene rings is 1. The van der Waals surface area contributed by atoms with E-state index in [2.05, 4.69) is 10.3 Å². The number of nitrogens with one attached hydrogen (secondary N) is 1. The van der Waals surface area contributed by atoms with Crippen molar-refractivity contribution in [2.24, 2.45) is 0 Å². The summed E-state index contributed by atoms with van der Waals surface area (Å²) in [5.41, 5.74) is 0.886. The highest BCUT2D eigenvalue weighted by Gasteiger charge is 2.30. The number of pyridine rings is 1. The Kier molecular flexibility index (Phi) is 4.96. The molecule has 1 aliphatic rings. The Morgan fingerprint density at radius 2 is 2.26 bits per heavy atom. The minimum Gasteiger partial charge on any atom is -0.481 e. The highest BCUT2D eigenvalue weighted by atomic mass is 32.2. The Morgan fingerprint density at radius 1 is 1.39 bits per heavy atom. The fourth-order valence-corrected chi connectivity index (χ4v) is 5.26. The van der Waals surface area contributed by atoms with Crippen molar-refractivity contribution in [3.63, 3.8) is 0 Å². The summed E-state index contributed by atoms with van der Waals surface area (Å²) in [6.45, 7) is 1.57. The molecule has 1 aliphatic heterocycles. The molecule has 0 saturated carbocycles. The van der Waals surface area contributed by atoms with Crippen LogP contribution in [0.3, 0.4) is 0 Å². The molecule has 23 heavy (non-hydrogen) atoms. The third kappa shape index (κ3) is 3.72. The number of aromatic nitrogens is 1. The standard InChI is InChI=1S/C15H19N3O3S2/c1-21-14-5-2-4-12(17-14)10-13-11-18(8-7-16-13)23(19,20)15-6-3-9-22-15/h2-6,9,13,16H,7-8,10-11H2,1H3. The van der Waals surface area contributed by atoms with Gasteiger partial charge in [-0.3, -0.25) is 0 Å². The van der Waals surface area contributed by atoms with E-state index in [9.17, 15) is 8.42 Å². The maximum atomic E-state index is 12.6. The fourth-order valence-electron chi connectivity index (χ4n) is 2.62. The molecule has 0 aliphatic carbocycles. The predicted octanol–water partition coefficient (Wildman–Crippen LogP) is 1.36. The number of rotatable bonds is 5. The highest BCUT2D eigenvalue weighted by molar-refractivity contribution is 7.91. The quantitative estimate of drug-likeness (QED) is 0.879. The molecule has 1 fully saturated rings. The van der Waals surface area contributed by atoms with E-state index >= 15 is 0 Å². The smallest absolute Gasteiger partial charge is 0.252 e. The first-order chi connectivity index (χ1) is 11.1. The first-order valence-corrected chi connectivity index (χ1v) is 9.68. The molecule has 3 heterocycles. The van der Waals surface area contributed by atoms with Crippen molar-refractivity contribution in [1.82, 2.24) is 14.6 Å². The topological polar surface area (TPSA) is 71.5 Å². The lowest BCUT2D eigenvalue weighted by atomic mass is 10.1. The normalized spacial score (nSPS) is 19.6. The minimum absolute atomic E-state index is 0.0399. The number of ether oxygens (including phenoxy) is 1. The van der Waals surface area contributed by atoms with Crippen LogP contribution in [-0.2, 0) is 16.4 Å². The van der Waals surface area contributed by atoms with E-state index < -0.39 is 10.0 Å². The van der Waals surface area contributed by atoms with Crippen LogP contribution < -0.4 is 10.1 Å². The molecule has 1 atom stereocenters. The summed E-state index contributed by atoms with van der Waals surface area (Å²) in [7, 11) is -1.81. The molecule has 2 aromatic rings. The van der Waals surface area contributed by atoms with Gasteiger partial charge in [0.1, 0.15) is 4.21 Å². The second-order valence-corrected chi connectivity index (χ2v) is 8.43. The van der Waals surface area contributed by atoms with E-state index in [1.807, 2.05) is 12.1 Å². The maximum Gasteiger partial charge on any atom is 0.252 e. The highest BCUT2D eigenvalue weighted by Crippen LogP contribution is 2.22. The molecule has 0 amide bonds. The van der Waals surface area contributed by atoms with Crippen molar-refractivity contribution in [1.29, 1.82) is 0 Å². The van der Waals surface area contributed by atoms with Crippen molar-refractivity contribution in [2.45, 2.75) is 16.7 Å². The molecule has 124 valence electrons. The molecule has 0 bridgehead atoms. The molecule has 2 aromatic heterocycles. The Morgan fingerprint density at radius 3 is 3.00 bits per heavy atom. The summed E-state index contributed by atoms with van der Waals surface area (Å²) in [5.74, 6) is 0.571. The van der Waals surface area contributed by atoms with Crippen LogP contribution in [0.25, 0.3) is 0 Å². The first-order valence-electron chi connectivity index (χ1n) is 7.36. The summed E-state index contributed by atoms with van der Waals surface area (Å²) in [5, 5.41) is 5.15. The molecule has 6 nitrogen and oxygen atoms in total. The number of sulfonamides is 1. The fraction of sp³-hybridized carbons (Fsp3) is 0.400. The van der Waals surface area contributed by atoms with Gasteiger partial charge >= 0.3 is 0 Å². The van der Waals surface area contributed by atoms with E-state index in [1.165, 1.54) is 11.3 Å². The van der Waals surface area contributed by atoms with Gasteiger partial charge < -0.3 is 10.1 Å². The Hall–Kier alpha value is -1.48.